The Kier molecular flexibility index (Phi) is 7.22. The minimum Gasteiger partial charge on any atom is -0.126 e. The van der Waals surface area contributed by atoms with Gasteiger partial charge in [-0.1, -0.05) is 54.8 Å². The number of rotatable bonds is 7. The van der Waals surface area contributed by atoms with Gasteiger partial charge in [0.25, 0.3) is 0 Å². The molecule has 0 bridgehead atoms. The van der Waals surface area contributed by atoms with Gasteiger partial charge in [-0.05, 0) is 42.4 Å². The van der Waals surface area contributed by atoms with Crippen LogP contribution in [-0.4, -0.2) is 5.88 Å². The van der Waals surface area contributed by atoms with E-state index in [9.17, 15) is 0 Å². The lowest BCUT2D eigenvalue weighted by Crippen LogP contribution is -2.11. The molecule has 0 aliphatic rings. The van der Waals surface area contributed by atoms with Crippen molar-refractivity contribution < 1.29 is 0 Å². The largest absolute Gasteiger partial charge is 0.126 e. The number of halogens is 2. The zero-order valence-corrected chi connectivity index (χ0v) is 13.1. The van der Waals surface area contributed by atoms with Crippen molar-refractivity contribution in [3.63, 3.8) is 0 Å². The molecule has 0 fully saturated rings. The van der Waals surface area contributed by atoms with Gasteiger partial charge >= 0.3 is 0 Å². The SMILES string of the molecule is CCCC(C)CC(CCl)Cc1cccc(Br)c1. The molecule has 0 amide bonds. The van der Waals surface area contributed by atoms with Crippen molar-refractivity contribution in [2.24, 2.45) is 11.8 Å². The summed E-state index contributed by atoms with van der Waals surface area (Å²) < 4.78 is 1.16. The minimum atomic E-state index is 0.604. The van der Waals surface area contributed by atoms with Crippen LogP contribution in [0, 0.1) is 11.8 Å². The molecule has 1 aromatic carbocycles. The zero-order valence-electron chi connectivity index (χ0n) is 10.8. The van der Waals surface area contributed by atoms with Crippen LogP contribution in [-0.2, 0) is 6.42 Å². The van der Waals surface area contributed by atoms with Crippen LogP contribution in [0.5, 0.6) is 0 Å². The summed E-state index contributed by atoms with van der Waals surface area (Å²) in [6.07, 6.45) is 4.92. The fraction of sp³-hybridized carbons (Fsp3) is 0.600. The maximum atomic E-state index is 6.09. The second-order valence-electron chi connectivity index (χ2n) is 4.98. The first-order chi connectivity index (χ1) is 8.15. The summed E-state index contributed by atoms with van der Waals surface area (Å²) in [4.78, 5) is 0. The first-order valence-corrected chi connectivity index (χ1v) is 7.78. The molecule has 0 aromatic heterocycles. The van der Waals surface area contributed by atoms with E-state index in [0.717, 1.165) is 22.7 Å². The molecule has 17 heavy (non-hydrogen) atoms. The van der Waals surface area contributed by atoms with E-state index in [1.54, 1.807) is 0 Å². The lowest BCUT2D eigenvalue weighted by molar-refractivity contribution is 0.393. The summed E-state index contributed by atoms with van der Waals surface area (Å²) in [5.74, 6) is 2.16. The Hall–Kier alpha value is -0.0100. The van der Waals surface area contributed by atoms with Crippen LogP contribution in [0.25, 0.3) is 0 Å². The van der Waals surface area contributed by atoms with E-state index in [0.29, 0.717) is 5.92 Å². The highest BCUT2D eigenvalue weighted by atomic mass is 79.9. The highest BCUT2D eigenvalue weighted by molar-refractivity contribution is 9.10. The third kappa shape index (κ3) is 5.92. The number of hydrogen-bond donors (Lipinski definition) is 0. The molecule has 1 rings (SSSR count). The Morgan fingerprint density at radius 2 is 2.12 bits per heavy atom. The molecule has 0 radical (unpaired) electrons. The maximum Gasteiger partial charge on any atom is 0.0255 e. The summed E-state index contributed by atoms with van der Waals surface area (Å²) in [7, 11) is 0. The molecule has 0 aliphatic carbocycles. The summed E-state index contributed by atoms with van der Waals surface area (Å²) >= 11 is 9.61. The lowest BCUT2D eigenvalue weighted by Gasteiger charge is -2.18. The van der Waals surface area contributed by atoms with E-state index >= 15 is 0 Å². The second-order valence-corrected chi connectivity index (χ2v) is 6.21. The van der Waals surface area contributed by atoms with Gasteiger partial charge in [0.1, 0.15) is 0 Å². The number of alkyl halides is 1. The first kappa shape index (κ1) is 15.0. The Morgan fingerprint density at radius 3 is 2.71 bits per heavy atom. The van der Waals surface area contributed by atoms with E-state index in [1.165, 1.54) is 24.8 Å². The Bertz CT molecular complexity index is 324. The molecule has 1 aromatic rings. The molecule has 96 valence electrons. The monoisotopic (exact) mass is 316 g/mol. The van der Waals surface area contributed by atoms with Crippen LogP contribution >= 0.6 is 27.5 Å². The van der Waals surface area contributed by atoms with Gasteiger partial charge in [-0.2, -0.15) is 0 Å². The van der Waals surface area contributed by atoms with Crippen molar-refractivity contribution in [3.8, 4) is 0 Å². The molecule has 2 atom stereocenters. The molecule has 0 N–H and O–H groups in total. The molecule has 0 saturated heterocycles. The Labute approximate surface area is 119 Å². The summed E-state index contributed by atoms with van der Waals surface area (Å²) in [6.45, 7) is 4.59. The molecule has 0 aliphatic heterocycles. The highest BCUT2D eigenvalue weighted by Gasteiger charge is 2.12. The van der Waals surface area contributed by atoms with Gasteiger partial charge in [0.15, 0.2) is 0 Å². The molecule has 2 unspecified atom stereocenters. The normalized spacial score (nSPS) is 14.6. The van der Waals surface area contributed by atoms with Crippen LogP contribution in [0.15, 0.2) is 28.7 Å². The lowest BCUT2D eigenvalue weighted by atomic mass is 9.89. The Morgan fingerprint density at radius 1 is 1.35 bits per heavy atom. The van der Waals surface area contributed by atoms with E-state index in [2.05, 4.69) is 54.0 Å². The zero-order chi connectivity index (χ0) is 12.7. The quantitative estimate of drug-likeness (QED) is 0.568. The van der Waals surface area contributed by atoms with Crippen molar-refractivity contribution in [3.05, 3.63) is 34.3 Å². The smallest absolute Gasteiger partial charge is 0.0255 e. The fourth-order valence-corrected chi connectivity index (χ4v) is 3.06. The van der Waals surface area contributed by atoms with Crippen LogP contribution in [0.4, 0.5) is 0 Å². The summed E-state index contributed by atoms with van der Waals surface area (Å²) in [6, 6.07) is 8.55. The third-order valence-electron chi connectivity index (χ3n) is 3.15. The molecular weight excluding hydrogens is 296 g/mol. The Balaban J connectivity index is 2.51. The van der Waals surface area contributed by atoms with Gasteiger partial charge in [0.2, 0.25) is 0 Å². The van der Waals surface area contributed by atoms with E-state index in [4.69, 9.17) is 11.6 Å². The van der Waals surface area contributed by atoms with E-state index < -0.39 is 0 Å². The number of hydrogen-bond acceptors (Lipinski definition) is 0. The molecular formula is C15H22BrCl. The molecule has 0 nitrogen and oxygen atoms in total. The third-order valence-corrected chi connectivity index (χ3v) is 4.08. The van der Waals surface area contributed by atoms with Crippen LogP contribution < -0.4 is 0 Å². The first-order valence-electron chi connectivity index (χ1n) is 6.46. The van der Waals surface area contributed by atoms with E-state index in [-0.39, 0.29) is 0 Å². The van der Waals surface area contributed by atoms with Crippen LogP contribution in [0.1, 0.15) is 38.7 Å². The standard InChI is InChI=1S/C15H22BrCl/c1-3-5-12(2)8-14(11-17)9-13-6-4-7-15(16)10-13/h4,6-7,10,12,14H,3,5,8-9,11H2,1-2H3. The predicted molar refractivity (Wildman–Crippen MR) is 80.7 cm³/mol. The van der Waals surface area contributed by atoms with Crippen molar-refractivity contribution in [1.82, 2.24) is 0 Å². The van der Waals surface area contributed by atoms with Gasteiger partial charge in [0.05, 0.1) is 0 Å². The molecule has 2 heteroatoms. The van der Waals surface area contributed by atoms with Gasteiger partial charge in [0, 0.05) is 10.4 Å². The van der Waals surface area contributed by atoms with Crippen LogP contribution in [0.2, 0.25) is 0 Å². The van der Waals surface area contributed by atoms with Gasteiger partial charge < -0.3 is 0 Å². The van der Waals surface area contributed by atoms with E-state index in [1.807, 2.05) is 0 Å². The topological polar surface area (TPSA) is 0 Å². The maximum absolute atomic E-state index is 6.09. The minimum absolute atomic E-state index is 0.604. The average molecular weight is 318 g/mol. The molecule has 0 heterocycles. The average Bonchev–Trinajstić information content (AvgIpc) is 2.28. The van der Waals surface area contributed by atoms with Gasteiger partial charge in [-0.15, -0.1) is 11.6 Å². The predicted octanol–water partition coefficient (Wildman–Crippen LogP) is 5.67. The molecule has 0 saturated carbocycles. The van der Waals surface area contributed by atoms with Crippen molar-refractivity contribution in [1.29, 1.82) is 0 Å². The highest BCUT2D eigenvalue weighted by Crippen LogP contribution is 2.23. The van der Waals surface area contributed by atoms with Gasteiger partial charge in [-0.25, -0.2) is 0 Å². The van der Waals surface area contributed by atoms with Gasteiger partial charge in [-0.3, -0.25) is 0 Å². The summed E-state index contributed by atoms with van der Waals surface area (Å²) in [5, 5.41) is 0. The number of benzene rings is 1. The second kappa shape index (κ2) is 8.16. The van der Waals surface area contributed by atoms with Crippen molar-refractivity contribution in [2.45, 2.75) is 39.5 Å². The van der Waals surface area contributed by atoms with Crippen molar-refractivity contribution in [2.75, 3.05) is 5.88 Å². The molecule has 0 spiro atoms. The van der Waals surface area contributed by atoms with Crippen molar-refractivity contribution >= 4 is 27.5 Å². The fourth-order valence-electron chi connectivity index (χ4n) is 2.38. The summed E-state index contributed by atoms with van der Waals surface area (Å²) in [5.41, 5.74) is 1.38. The van der Waals surface area contributed by atoms with Crippen LogP contribution in [0.3, 0.4) is 0 Å².